The third-order valence-electron chi connectivity index (χ3n) is 5.32. The monoisotopic (exact) mass is 502 g/mol. The van der Waals surface area contributed by atoms with E-state index in [9.17, 15) is 9.47 Å². The molecule has 170 valence electrons. The molecule has 4 aromatic rings. The van der Waals surface area contributed by atoms with Crippen LogP contribution in [0, 0.1) is 18.3 Å². The summed E-state index contributed by atoms with van der Waals surface area (Å²) in [5.41, 5.74) is 6.38. The fourth-order valence-electron chi connectivity index (χ4n) is 3.52. The Kier molecular flexibility index (Phi) is 8.18. The first kappa shape index (κ1) is 24.2. The lowest BCUT2D eigenvalue weighted by molar-refractivity contribution is 0.683. The largest absolute Gasteiger partial charge is 0.259 e. The molecule has 0 aliphatic heterocycles. The van der Waals surface area contributed by atoms with E-state index in [2.05, 4.69) is 25.1 Å². The highest BCUT2D eigenvalue weighted by Crippen LogP contribution is 2.34. The lowest BCUT2D eigenvalue weighted by Gasteiger charge is -2.13. The first-order valence-corrected chi connectivity index (χ1v) is 13.7. The smallest absolute Gasteiger partial charge is 0.115 e. The van der Waals surface area contributed by atoms with E-state index >= 15 is 0 Å². The highest BCUT2D eigenvalue weighted by atomic mass is 35.5. The number of benzene rings is 3. The van der Waals surface area contributed by atoms with Crippen LogP contribution in [-0.2, 0) is 16.6 Å². The van der Waals surface area contributed by atoms with E-state index in [1.54, 1.807) is 0 Å². The molecule has 0 amide bonds. The maximum atomic E-state index is 12.6. The predicted octanol–water partition coefficient (Wildman–Crippen LogP) is 7.29. The van der Waals surface area contributed by atoms with Gasteiger partial charge < -0.3 is 0 Å². The maximum absolute atomic E-state index is 12.6. The van der Waals surface area contributed by atoms with Crippen molar-refractivity contribution in [1.29, 1.82) is 5.26 Å². The summed E-state index contributed by atoms with van der Waals surface area (Å²) >= 11 is 7.42. The zero-order valence-electron chi connectivity index (χ0n) is 18.7. The lowest BCUT2D eigenvalue weighted by Crippen LogP contribution is -2.04. The number of halogens is 1. The van der Waals surface area contributed by atoms with Gasteiger partial charge >= 0.3 is 0 Å². The Morgan fingerprint density at radius 2 is 1.68 bits per heavy atom. The number of nitriles is 1. The van der Waals surface area contributed by atoms with Crippen LogP contribution < -0.4 is 0 Å². The topological polar surface area (TPSA) is 53.8 Å². The summed E-state index contributed by atoms with van der Waals surface area (Å²) in [5.74, 6) is 1.59. The molecule has 1 aromatic heterocycles. The van der Waals surface area contributed by atoms with Gasteiger partial charge in [0.2, 0.25) is 0 Å². The summed E-state index contributed by atoms with van der Waals surface area (Å²) in [6.45, 7) is 2.05. The molecule has 0 unspecified atom stereocenters. The summed E-state index contributed by atoms with van der Waals surface area (Å²) < 4.78 is 12.6. The molecule has 4 rings (SSSR count). The average Bonchev–Trinajstić information content (AvgIpc) is 2.86. The average molecular weight is 503 g/mol. The molecule has 0 bridgehead atoms. The van der Waals surface area contributed by atoms with Crippen LogP contribution in [0.5, 0.6) is 0 Å². The molecule has 0 fully saturated rings. The molecule has 1 heterocycles. The Morgan fingerprint density at radius 3 is 2.35 bits per heavy atom. The fourth-order valence-corrected chi connectivity index (χ4v) is 6.09. The van der Waals surface area contributed by atoms with Gasteiger partial charge in [-0.25, -0.2) is 4.98 Å². The summed E-state index contributed by atoms with van der Waals surface area (Å²) in [5, 5.41) is 11.3. The molecule has 0 N–H and O–H groups in total. The number of thioether (sulfide) groups is 1. The van der Waals surface area contributed by atoms with Gasteiger partial charge in [-0.2, -0.15) is 5.26 Å². The second-order valence-corrected chi connectivity index (χ2v) is 10.9. The van der Waals surface area contributed by atoms with Gasteiger partial charge in [-0.1, -0.05) is 83.9 Å². The molecule has 3 nitrogen and oxygen atoms in total. The number of aryl methyl sites for hydroxylation is 1. The first-order valence-electron chi connectivity index (χ1n) is 10.8. The lowest BCUT2D eigenvalue weighted by atomic mass is 9.99. The molecule has 0 aliphatic rings. The second-order valence-electron chi connectivity index (χ2n) is 7.84. The van der Waals surface area contributed by atoms with E-state index in [1.807, 2.05) is 72.8 Å². The van der Waals surface area contributed by atoms with Gasteiger partial charge in [-0.05, 0) is 36.2 Å². The molecule has 34 heavy (non-hydrogen) atoms. The molecule has 0 saturated carbocycles. The van der Waals surface area contributed by atoms with E-state index in [-0.39, 0.29) is 0 Å². The SMILES string of the molecule is Cc1ccc(-c2cc(-c3ccccc3)c(C#N)c(SCC[S@](=O)Cc3ccc(Cl)cc3)n2)cc1. The number of hydrogen-bond acceptors (Lipinski definition) is 4. The molecule has 0 spiro atoms. The minimum Gasteiger partial charge on any atom is -0.259 e. The van der Waals surface area contributed by atoms with Crippen LogP contribution in [0.3, 0.4) is 0 Å². The molecule has 0 saturated heterocycles. The van der Waals surface area contributed by atoms with Gasteiger partial charge in [-0.15, -0.1) is 11.8 Å². The molecular weight excluding hydrogens is 480 g/mol. The summed E-state index contributed by atoms with van der Waals surface area (Å²) in [6, 6.07) is 29.9. The Morgan fingerprint density at radius 1 is 0.971 bits per heavy atom. The van der Waals surface area contributed by atoms with Gasteiger partial charge in [0.25, 0.3) is 0 Å². The van der Waals surface area contributed by atoms with E-state index in [1.165, 1.54) is 17.3 Å². The van der Waals surface area contributed by atoms with Crippen LogP contribution in [-0.4, -0.2) is 20.7 Å². The van der Waals surface area contributed by atoms with Crippen molar-refractivity contribution in [3.05, 3.63) is 107 Å². The highest BCUT2D eigenvalue weighted by molar-refractivity contribution is 8.00. The Hall–Kier alpha value is -2.91. The predicted molar refractivity (Wildman–Crippen MR) is 143 cm³/mol. The van der Waals surface area contributed by atoms with Crippen molar-refractivity contribution in [2.75, 3.05) is 11.5 Å². The zero-order valence-corrected chi connectivity index (χ0v) is 21.1. The van der Waals surface area contributed by atoms with Crippen LogP contribution in [0.4, 0.5) is 0 Å². The van der Waals surface area contributed by atoms with Gasteiger partial charge in [0.05, 0.1) is 11.3 Å². The van der Waals surface area contributed by atoms with Gasteiger partial charge in [0, 0.05) is 44.2 Å². The highest BCUT2D eigenvalue weighted by Gasteiger charge is 2.16. The quantitative estimate of drug-likeness (QED) is 0.237. The van der Waals surface area contributed by atoms with Gasteiger partial charge in [0.1, 0.15) is 11.1 Å². The van der Waals surface area contributed by atoms with Crippen molar-refractivity contribution in [1.82, 2.24) is 4.98 Å². The first-order chi connectivity index (χ1) is 16.5. The molecular formula is C28H23ClN2OS2. The van der Waals surface area contributed by atoms with Crippen molar-refractivity contribution in [3.63, 3.8) is 0 Å². The number of hydrogen-bond donors (Lipinski definition) is 0. The molecule has 3 aromatic carbocycles. The van der Waals surface area contributed by atoms with E-state index in [4.69, 9.17) is 16.6 Å². The minimum atomic E-state index is -1.02. The molecule has 0 aliphatic carbocycles. The van der Waals surface area contributed by atoms with Crippen molar-refractivity contribution < 1.29 is 4.21 Å². The minimum absolute atomic E-state index is 0.481. The van der Waals surface area contributed by atoms with Crippen LogP contribution in [0.1, 0.15) is 16.7 Å². The standard InChI is InChI=1S/C28H23ClN2OS2/c1-20-7-11-23(12-8-20)27-17-25(22-5-3-2-4-6-22)26(18-30)28(31-27)33-15-16-34(32)19-21-9-13-24(29)14-10-21/h2-14,17H,15-16,19H2,1H3/t34-/m0/s1. The second kappa shape index (κ2) is 11.5. The molecule has 6 heteroatoms. The Bertz CT molecular complexity index is 1330. The number of pyridine rings is 1. The van der Waals surface area contributed by atoms with E-state index in [0.717, 1.165) is 27.9 Å². The van der Waals surface area contributed by atoms with Crippen molar-refractivity contribution in [2.24, 2.45) is 0 Å². The van der Waals surface area contributed by atoms with Gasteiger partial charge in [-0.3, -0.25) is 4.21 Å². The summed E-state index contributed by atoms with van der Waals surface area (Å²) in [4.78, 5) is 4.85. The van der Waals surface area contributed by atoms with Crippen LogP contribution in [0.2, 0.25) is 5.02 Å². The number of aromatic nitrogens is 1. The third-order valence-corrected chi connectivity index (χ3v) is 8.12. The summed E-state index contributed by atoms with van der Waals surface area (Å²) in [6.07, 6.45) is 0. The van der Waals surface area contributed by atoms with Crippen molar-refractivity contribution in [2.45, 2.75) is 17.7 Å². The number of nitrogens with zero attached hydrogens (tertiary/aromatic N) is 2. The molecule has 0 radical (unpaired) electrons. The van der Waals surface area contributed by atoms with Crippen molar-refractivity contribution in [3.8, 4) is 28.5 Å². The van der Waals surface area contributed by atoms with Crippen LogP contribution >= 0.6 is 23.4 Å². The normalized spacial score (nSPS) is 11.7. The Balaban J connectivity index is 1.59. The maximum Gasteiger partial charge on any atom is 0.115 e. The van der Waals surface area contributed by atoms with Gasteiger partial charge in [0.15, 0.2) is 0 Å². The third kappa shape index (κ3) is 6.15. The fraction of sp³-hybridized carbons (Fsp3) is 0.143. The molecule has 1 atom stereocenters. The van der Waals surface area contributed by atoms with E-state index < -0.39 is 10.8 Å². The van der Waals surface area contributed by atoms with Crippen molar-refractivity contribution >= 4 is 34.2 Å². The summed E-state index contributed by atoms with van der Waals surface area (Å²) in [7, 11) is -1.02. The van der Waals surface area contributed by atoms with Crippen LogP contribution in [0.25, 0.3) is 22.4 Å². The number of rotatable bonds is 8. The Labute approximate surface area is 212 Å². The van der Waals surface area contributed by atoms with E-state index in [0.29, 0.717) is 32.9 Å². The zero-order chi connectivity index (χ0) is 23.9. The van der Waals surface area contributed by atoms with Crippen LogP contribution in [0.15, 0.2) is 90.0 Å².